The van der Waals surface area contributed by atoms with Crippen LogP contribution in [-0.2, 0) is 13.2 Å². The normalized spacial score (nSPS) is 19.0. The topological polar surface area (TPSA) is 90.9 Å². The van der Waals surface area contributed by atoms with Crippen LogP contribution in [0.1, 0.15) is 42.4 Å². The van der Waals surface area contributed by atoms with Crippen LogP contribution in [0.4, 0.5) is 23.4 Å². The SMILES string of the molecule is C[C@@H]1CN(c2nc(=O)n(C)c3ccc(C#N)nc23)[C@@H](C)CN1[C@@H](c1ccc(F)cc1)c1ccc(C(F)(F)F)cn1. The molecule has 8 nitrogen and oxygen atoms in total. The van der Waals surface area contributed by atoms with Crippen molar-refractivity contribution >= 4 is 16.9 Å². The predicted molar refractivity (Wildman–Crippen MR) is 140 cm³/mol. The van der Waals surface area contributed by atoms with Gasteiger partial charge in [-0.25, -0.2) is 14.2 Å². The Balaban J connectivity index is 1.54. The zero-order valence-electron chi connectivity index (χ0n) is 21.9. The number of halogens is 4. The van der Waals surface area contributed by atoms with E-state index < -0.39 is 29.3 Å². The van der Waals surface area contributed by atoms with Crippen molar-refractivity contribution in [3.63, 3.8) is 0 Å². The molecule has 0 unspecified atom stereocenters. The van der Waals surface area contributed by atoms with E-state index in [1.165, 1.54) is 22.8 Å². The van der Waals surface area contributed by atoms with Gasteiger partial charge in [-0.2, -0.15) is 23.4 Å². The minimum atomic E-state index is -4.52. The summed E-state index contributed by atoms with van der Waals surface area (Å²) in [5.41, 5.74) is 0.909. The highest BCUT2D eigenvalue weighted by Gasteiger charge is 2.38. The van der Waals surface area contributed by atoms with Crippen molar-refractivity contribution in [3.8, 4) is 6.07 Å². The molecule has 3 aromatic heterocycles. The summed E-state index contributed by atoms with van der Waals surface area (Å²) in [5.74, 6) is -0.0675. The zero-order valence-corrected chi connectivity index (χ0v) is 21.9. The van der Waals surface area contributed by atoms with Crippen molar-refractivity contribution in [1.29, 1.82) is 5.26 Å². The van der Waals surface area contributed by atoms with Gasteiger partial charge < -0.3 is 4.90 Å². The summed E-state index contributed by atoms with van der Waals surface area (Å²) in [5, 5.41) is 9.39. The van der Waals surface area contributed by atoms with Gasteiger partial charge in [0.05, 0.1) is 22.8 Å². The number of aromatic nitrogens is 4. The van der Waals surface area contributed by atoms with Crippen molar-refractivity contribution in [2.24, 2.45) is 7.05 Å². The predicted octanol–water partition coefficient (Wildman–Crippen LogP) is 4.44. The molecule has 0 radical (unpaired) electrons. The largest absolute Gasteiger partial charge is 0.417 e. The third-order valence-corrected chi connectivity index (χ3v) is 7.27. The van der Waals surface area contributed by atoms with Crippen LogP contribution < -0.4 is 10.6 Å². The molecule has 0 N–H and O–H groups in total. The zero-order chi connectivity index (χ0) is 28.8. The van der Waals surface area contributed by atoms with E-state index in [1.54, 1.807) is 31.3 Å². The molecule has 4 heterocycles. The first-order chi connectivity index (χ1) is 19.0. The highest BCUT2D eigenvalue weighted by Crippen LogP contribution is 2.36. The van der Waals surface area contributed by atoms with Gasteiger partial charge in [-0.05, 0) is 55.8 Å². The van der Waals surface area contributed by atoms with Crippen LogP contribution in [0.3, 0.4) is 0 Å². The number of piperazine rings is 1. The molecule has 5 rings (SSSR count). The summed E-state index contributed by atoms with van der Waals surface area (Å²) in [6, 6.07) is 12.4. The smallest absolute Gasteiger partial charge is 0.349 e. The number of fused-ring (bicyclic) bond motifs is 1. The Morgan fingerprint density at radius 2 is 1.73 bits per heavy atom. The molecule has 0 amide bonds. The van der Waals surface area contributed by atoms with Crippen LogP contribution in [0.2, 0.25) is 0 Å². The highest BCUT2D eigenvalue weighted by atomic mass is 19.4. The van der Waals surface area contributed by atoms with Gasteiger partial charge in [0, 0.05) is 38.4 Å². The molecular weight excluding hydrogens is 526 g/mol. The lowest BCUT2D eigenvalue weighted by atomic mass is 9.96. The van der Waals surface area contributed by atoms with Crippen molar-refractivity contribution in [3.05, 3.63) is 93.5 Å². The summed E-state index contributed by atoms with van der Waals surface area (Å²) in [6.07, 6.45) is -3.71. The molecule has 1 aliphatic rings. The molecule has 0 spiro atoms. The Kier molecular flexibility index (Phi) is 7.01. The first-order valence-electron chi connectivity index (χ1n) is 12.6. The third-order valence-electron chi connectivity index (χ3n) is 7.27. The lowest BCUT2D eigenvalue weighted by Gasteiger charge is -2.47. The number of pyridine rings is 2. The molecule has 1 fully saturated rings. The maximum Gasteiger partial charge on any atom is 0.417 e. The molecule has 1 saturated heterocycles. The van der Waals surface area contributed by atoms with Crippen molar-refractivity contribution in [1.82, 2.24) is 24.4 Å². The van der Waals surface area contributed by atoms with Gasteiger partial charge in [0.15, 0.2) is 5.82 Å². The minimum Gasteiger partial charge on any atom is -0.349 e. The van der Waals surface area contributed by atoms with E-state index in [0.717, 1.165) is 12.3 Å². The first kappa shape index (κ1) is 27.2. The molecule has 0 bridgehead atoms. The summed E-state index contributed by atoms with van der Waals surface area (Å²) >= 11 is 0. The van der Waals surface area contributed by atoms with Crippen molar-refractivity contribution in [2.45, 2.75) is 38.1 Å². The lowest BCUT2D eigenvalue weighted by molar-refractivity contribution is -0.137. The third kappa shape index (κ3) is 5.00. The molecule has 206 valence electrons. The number of hydrogen-bond acceptors (Lipinski definition) is 7. The van der Waals surface area contributed by atoms with Crippen LogP contribution >= 0.6 is 0 Å². The Morgan fingerprint density at radius 1 is 1.00 bits per heavy atom. The summed E-state index contributed by atoms with van der Waals surface area (Å²) in [4.78, 5) is 29.7. The van der Waals surface area contributed by atoms with Gasteiger partial charge >= 0.3 is 11.9 Å². The van der Waals surface area contributed by atoms with Crippen LogP contribution in [0.15, 0.2) is 59.5 Å². The van der Waals surface area contributed by atoms with Crippen molar-refractivity contribution < 1.29 is 17.6 Å². The maximum absolute atomic E-state index is 13.8. The monoisotopic (exact) mass is 551 g/mol. The van der Waals surface area contributed by atoms with Crippen molar-refractivity contribution in [2.75, 3.05) is 18.0 Å². The number of aryl methyl sites for hydroxylation is 1. The Hall–Kier alpha value is -4.37. The van der Waals surface area contributed by atoms with Gasteiger partial charge in [0.1, 0.15) is 23.1 Å². The second-order valence-corrected chi connectivity index (χ2v) is 9.92. The molecule has 12 heteroatoms. The standard InChI is InChI=1S/C28H25F4N7O/c1-16-15-39(26-24-23(37(3)27(40)36-26)11-9-21(12-33)35-24)17(2)14-38(16)25(18-4-7-20(29)8-5-18)22-10-6-19(13-34-22)28(30,31)32/h4-11,13,16-17,25H,14-15H2,1-3H3/t16-,17+,25+/m1/s1. The number of nitrogens with zero attached hydrogens (tertiary/aromatic N) is 7. The van der Waals surface area contributed by atoms with Gasteiger partial charge in [0.2, 0.25) is 0 Å². The van der Waals surface area contributed by atoms with E-state index in [-0.39, 0.29) is 17.8 Å². The molecule has 0 aliphatic carbocycles. The van der Waals surface area contributed by atoms with E-state index in [1.807, 2.05) is 24.8 Å². The molecule has 4 aromatic rings. The minimum absolute atomic E-state index is 0.193. The van der Waals surface area contributed by atoms with Gasteiger partial charge in [0.25, 0.3) is 0 Å². The molecule has 1 aliphatic heterocycles. The molecular formula is C28H25F4N7O. The number of hydrogen-bond donors (Lipinski definition) is 0. The second-order valence-electron chi connectivity index (χ2n) is 9.92. The van der Waals surface area contributed by atoms with Crippen LogP contribution in [0.5, 0.6) is 0 Å². The average Bonchev–Trinajstić information content (AvgIpc) is 2.93. The van der Waals surface area contributed by atoms with E-state index in [0.29, 0.717) is 41.2 Å². The fourth-order valence-electron chi connectivity index (χ4n) is 5.19. The van der Waals surface area contributed by atoms with E-state index in [2.05, 4.69) is 19.9 Å². The fraction of sp³-hybridized carbons (Fsp3) is 0.321. The highest BCUT2D eigenvalue weighted by molar-refractivity contribution is 5.86. The first-order valence-corrected chi connectivity index (χ1v) is 12.6. The van der Waals surface area contributed by atoms with E-state index in [9.17, 15) is 27.6 Å². The Morgan fingerprint density at radius 3 is 2.35 bits per heavy atom. The van der Waals surface area contributed by atoms with Crippen LogP contribution in [0.25, 0.3) is 11.0 Å². The van der Waals surface area contributed by atoms with Gasteiger partial charge in [-0.1, -0.05) is 12.1 Å². The van der Waals surface area contributed by atoms with Crippen LogP contribution in [0, 0.1) is 17.1 Å². The quantitative estimate of drug-likeness (QED) is 0.347. The Labute approximate surface area is 227 Å². The summed E-state index contributed by atoms with van der Waals surface area (Å²) in [6.45, 7) is 4.71. The molecule has 40 heavy (non-hydrogen) atoms. The summed E-state index contributed by atoms with van der Waals surface area (Å²) in [7, 11) is 1.59. The van der Waals surface area contributed by atoms with Gasteiger partial charge in [-0.15, -0.1) is 0 Å². The lowest BCUT2D eigenvalue weighted by Crippen LogP contribution is -2.58. The number of anilines is 1. The Bertz CT molecular complexity index is 1650. The number of benzene rings is 1. The van der Waals surface area contributed by atoms with E-state index in [4.69, 9.17) is 0 Å². The average molecular weight is 552 g/mol. The molecule has 3 atom stereocenters. The fourth-order valence-corrected chi connectivity index (χ4v) is 5.19. The number of rotatable bonds is 4. The maximum atomic E-state index is 13.8. The summed E-state index contributed by atoms with van der Waals surface area (Å²) < 4.78 is 54.8. The molecule has 0 saturated carbocycles. The molecule has 1 aromatic carbocycles. The van der Waals surface area contributed by atoms with Crippen LogP contribution in [-0.4, -0.2) is 49.6 Å². The number of nitriles is 1. The van der Waals surface area contributed by atoms with Gasteiger partial charge in [-0.3, -0.25) is 14.5 Å². The van der Waals surface area contributed by atoms with E-state index >= 15 is 0 Å². The second kappa shape index (κ2) is 10.3. The number of alkyl halides is 3.